The summed E-state index contributed by atoms with van der Waals surface area (Å²) in [4.78, 5) is 5.01. The molecule has 1 aromatic heterocycles. The van der Waals surface area contributed by atoms with Gasteiger partial charge in [0.2, 0.25) is 0 Å². The zero-order chi connectivity index (χ0) is 23.7. The Kier molecular flexibility index (Phi) is 17.5. The molecule has 0 radical (unpaired) electrons. The number of aromatic nitrogens is 2. The number of hydrogen-bond acceptors (Lipinski definition) is 1. The zero-order valence-corrected chi connectivity index (χ0v) is 28.7. The molecular formula is C28H58N2Sn2. The topological polar surface area (TPSA) is 17.8 Å². The van der Waals surface area contributed by atoms with E-state index in [2.05, 4.69) is 58.8 Å². The fourth-order valence-corrected chi connectivity index (χ4v) is 37.6. The molecule has 0 bridgehead atoms. The van der Waals surface area contributed by atoms with Gasteiger partial charge in [0, 0.05) is 0 Å². The average molecular weight is 660 g/mol. The first-order valence-corrected chi connectivity index (χ1v) is 30.0. The molecule has 0 fully saturated rings. The van der Waals surface area contributed by atoms with E-state index >= 15 is 0 Å². The van der Waals surface area contributed by atoms with E-state index in [-0.39, 0.29) is 0 Å². The van der Waals surface area contributed by atoms with Crippen LogP contribution < -0.4 is 3.71 Å². The van der Waals surface area contributed by atoms with Gasteiger partial charge in [-0.2, -0.15) is 0 Å². The minimum absolute atomic E-state index is 1.35. The van der Waals surface area contributed by atoms with Crippen molar-refractivity contribution >= 4 is 40.5 Å². The molecule has 1 rings (SSSR count). The molecule has 0 N–H and O–H groups in total. The van der Waals surface area contributed by atoms with Gasteiger partial charge < -0.3 is 0 Å². The molecule has 0 amide bonds. The zero-order valence-electron chi connectivity index (χ0n) is 23.0. The van der Waals surface area contributed by atoms with Crippen molar-refractivity contribution in [1.29, 1.82) is 0 Å². The van der Waals surface area contributed by atoms with Gasteiger partial charge in [-0.25, -0.2) is 0 Å². The summed E-state index contributed by atoms with van der Waals surface area (Å²) in [6.45, 7) is 12.0. The second-order valence-corrected chi connectivity index (χ2v) is 38.3. The summed E-state index contributed by atoms with van der Waals surface area (Å²) in [7, 11) is 2.17. The van der Waals surface area contributed by atoms with Crippen LogP contribution in [0, 0.1) is 0 Å². The van der Waals surface area contributed by atoms with E-state index in [0.29, 0.717) is 0 Å². The molecule has 0 saturated carbocycles. The van der Waals surface area contributed by atoms with Crippen LogP contribution in [0.1, 0.15) is 112 Å². The Labute approximate surface area is 210 Å². The van der Waals surface area contributed by atoms with Crippen molar-refractivity contribution in [3.63, 3.8) is 0 Å². The number of aryl methyl sites for hydroxylation is 1. The maximum atomic E-state index is 5.01. The summed E-state index contributed by atoms with van der Waals surface area (Å²) in [5.74, 6) is 0. The van der Waals surface area contributed by atoms with Gasteiger partial charge in [-0.3, -0.25) is 0 Å². The van der Waals surface area contributed by atoms with Crippen LogP contribution in [-0.2, 0) is 7.05 Å². The van der Waals surface area contributed by atoms with Crippen molar-refractivity contribution in [3.8, 4) is 0 Å². The Hall–Kier alpha value is 0.807. The Morgan fingerprint density at radius 2 is 0.969 bits per heavy atom. The number of nitrogens with zero attached hydrogens (tertiary/aromatic N) is 2. The molecule has 0 spiro atoms. The molecule has 0 unspecified atom stereocenters. The quantitative estimate of drug-likeness (QED) is 0.0950. The normalized spacial score (nSPS) is 12.6. The summed E-state index contributed by atoms with van der Waals surface area (Å²) in [6.07, 6.45) is 21.9. The predicted molar refractivity (Wildman–Crippen MR) is 152 cm³/mol. The van der Waals surface area contributed by atoms with Crippen molar-refractivity contribution in [2.45, 2.75) is 143 Å². The molecule has 0 aliphatic rings. The second-order valence-electron chi connectivity index (χ2n) is 10.9. The maximum absolute atomic E-state index is 5.01. The third-order valence-electron chi connectivity index (χ3n) is 8.06. The average Bonchev–Trinajstić information content (AvgIpc) is 3.25. The molecular weight excluding hydrogens is 602 g/mol. The van der Waals surface area contributed by atoms with Crippen LogP contribution in [0.2, 0.25) is 31.1 Å². The Bertz CT molecular complexity index is 540. The van der Waals surface area contributed by atoms with Crippen LogP contribution in [0.25, 0.3) is 0 Å². The van der Waals surface area contributed by atoms with Gasteiger partial charge in [0.25, 0.3) is 0 Å². The Morgan fingerprint density at radius 3 is 1.38 bits per heavy atom. The fraction of sp³-hybridized carbons (Fsp3) is 0.893. The first-order chi connectivity index (χ1) is 15.5. The summed E-state index contributed by atoms with van der Waals surface area (Å²) >= 11 is -4.35. The van der Waals surface area contributed by atoms with Gasteiger partial charge in [0.05, 0.1) is 0 Å². The van der Waals surface area contributed by atoms with Gasteiger partial charge in [-0.1, -0.05) is 0 Å². The van der Waals surface area contributed by atoms with Gasteiger partial charge in [0.15, 0.2) is 0 Å². The molecule has 188 valence electrons. The molecule has 32 heavy (non-hydrogen) atoms. The van der Waals surface area contributed by atoms with Crippen LogP contribution in [0.5, 0.6) is 0 Å². The third-order valence-corrected chi connectivity index (χ3v) is 39.3. The van der Waals surface area contributed by atoms with E-state index in [1.807, 2.05) is 0 Å². The fourth-order valence-electron chi connectivity index (χ4n) is 5.84. The monoisotopic (exact) mass is 662 g/mol. The van der Waals surface area contributed by atoms with Crippen molar-refractivity contribution in [3.05, 3.63) is 12.5 Å². The summed E-state index contributed by atoms with van der Waals surface area (Å²) in [6, 6.07) is 0. The molecule has 2 nitrogen and oxygen atoms in total. The van der Waals surface area contributed by atoms with Gasteiger partial charge in [0.1, 0.15) is 0 Å². The van der Waals surface area contributed by atoms with E-state index in [9.17, 15) is 0 Å². The van der Waals surface area contributed by atoms with Crippen molar-refractivity contribution in [1.82, 2.24) is 9.55 Å². The summed E-state index contributed by atoms with van der Waals surface area (Å²) in [5, 5.41) is 0. The first kappa shape index (κ1) is 30.8. The van der Waals surface area contributed by atoms with Crippen LogP contribution in [-0.4, -0.2) is 46.3 Å². The molecule has 0 aromatic carbocycles. The number of imidazole rings is 1. The standard InChI is InChI=1S/C4H5N2.5C4H9.C4H8.2Sn/c1-6-3-2-5-4-6;6*1-3-4-2;;/h3-4H,1H3;5*1,3-4H2,2H3;1-4H2;;. The van der Waals surface area contributed by atoms with Crippen LogP contribution in [0.15, 0.2) is 12.5 Å². The van der Waals surface area contributed by atoms with E-state index in [0.717, 1.165) is 0 Å². The summed E-state index contributed by atoms with van der Waals surface area (Å²) < 4.78 is 15.2. The van der Waals surface area contributed by atoms with Gasteiger partial charge in [-0.15, -0.1) is 0 Å². The number of hydrogen-bond donors (Lipinski definition) is 0. The first-order valence-electron chi connectivity index (χ1n) is 14.5. The Morgan fingerprint density at radius 1 is 0.594 bits per heavy atom. The van der Waals surface area contributed by atoms with Gasteiger partial charge in [-0.05, 0) is 0 Å². The number of unbranched alkanes of at least 4 members (excludes halogenated alkanes) is 6. The molecule has 1 aromatic rings. The molecule has 1 heterocycles. The molecule has 0 aliphatic heterocycles. The molecule has 0 aliphatic carbocycles. The minimum atomic E-state index is -2.39. The van der Waals surface area contributed by atoms with E-state index < -0.39 is 36.8 Å². The molecule has 0 saturated heterocycles. The van der Waals surface area contributed by atoms with Gasteiger partial charge >= 0.3 is 212 Å². The van der Waals surface area contributed by atoms with Crippen molar-refractivity contribution in [2.24, 2.45) is 7.05 Å². The second kappa shape index (κ2) is 18.1. The predicted octanol–water partition coefficient (Wildman–Crippen LogP) is 9.31. The van der Waals surface area contributed by atoms with E-state index in [4.69, 9.17) is 4.98 Å². The SMILES string of the molecule is CCC[CH2][Sn]([CH2]CCC)([CH2]CCC)[CH2]CC[CH2][Sn]([CH2]CCC)([CH2]CCC)[c]1cn(C)cn1. The van der Waals surface area contributed by atoms with Crippen LogP contribution in [0.3, 0.4) is 0 Å². The van der Waals surface area contributed by atoms with Crippen molar-refractivity contribution in [2.75, 3.05) is 0 Å². The van der Waals surface area contributed by atoms with Crippen molar-refractivity contribution < 1.29 is 0 Å². The number of rotatable bonds is 21. The van der Waals surface area contributed by atoms with E-state index in [1.165, 1.54) is 79.5 Å². The summed E-state index contributed by atoms with van der Waals surface area (Å²) in [5.41, 5.74) is 0. The molecule has 0 atom stereocenters. The van der Waals surface area contributed by atoms with Crippen LogP contribution in [0.4, 0.5) is 0 Å². The van der Waals surface area contributed by atoms with E-state index in [1.54, 1.807) is 32.3 Å². The molecule has 4 heteroatoms. The Balaban J connectivity index is 2.91. The third kappa shape index (κ3) is 11.0. The van der Waals surface area contributed by atoms with Crippen LogP contribution >= 0.6 is 0 Å².